The Hall–Kier alpha value is -0.900. The van der Waals surface area contributed by atoms with Gasteiger partial charge in [-0.3, -0.25) is 9.80 Å². The summed E-state index contributed by atoms with van der Waals surface area (Å²) in [6, 6.07) is 8.98. The average Bonchev–Trinajstić information content (AvgIpc) is 3.26. The van der Waals surface area contributed by atoms with E-state index in [1.807, 2.05) is 0 Å². The smallest absolute Gasteiger partial charge is 0.191 e. The first kappa shape index (κ1) is 25.4. The van der Waals surface area contributed by atoms with E-state index in [-0.39, 0.29) is 24.0 Å². The summed E-state index contributed by atoms with van der Waals surface area (Å²) >= 11 is 0. The normalized spacial score (nSPS) is 18.9. The van der Waals surface area contributed by atoms with E-state index < -0.39 is 0 Å². The van der Waals surface area contributed by atoms with Crippen molar-refractivity contribution in [3.05, 3.63) is 35.4 Å². The molecule has 2 aliphatic heterocycles. The lowest BCUT2D eigenvalue weighted by atomic mass is 10.1. The molecule has 0 aromatic heterocycles. The molecule has 2 N–H and O–H groups in total. The largest absolute Gasteiger partial charge is 0.357 e. The predicted octanol–water partition coefficient (Wildman–Crippen LogP) is 2.59. The van der Waals surface area contributed by atoms with E-state index in [0.29, 0.717) is 6.54 Å². The van der Waals surface area contributed by atoms with Gasteiger partial charge in [0.05, 0.1) is 6.54 Å². The van der Waals surface area contributed by atoms with Crippen LogP contribution in [0.25, 0.3) is 0 Å². The number of halogens is 1. The van der Waals surface area contributed by atoms with Crippen LogP contribution in [0.2, 0.25) is 0 Å². The Balaban J connectivity index is 0.00000320. The second-order valence-electron chi connectivity index (χ2n) is 8.20. The number of hydrogen-bond acceptors (Lipinski definition) is 4. The van der Waals surface area contributed by atoms with Gasteiger partial charge >= 0.3 is 0 Å². The number of piperazine rings is 1. The maximum absolute atomic E-state index is 4.78. The number of nitrogens with zero attached hydrogens (tertiary/aromatic N) is 4. The number of likely N-dealkylation sites (N-methyl/N-ethyl adjacent to an activating group) is 1. The van der Waals surface area contributed by atoms with Crippen LogP contribution in [0.1, 0.15) is 37.8 Å². The van der Waals surface area contributed by atoms with Crippen LogP contribution in [0.15, 0.2) is 29.3 Å². The molecule has 2 heterocycles. The molecule has 3 rings (SSSR count). The molecule has 6 nitrogen and oxygen atoms in total. The molecular formula is C23H41IN6. The summed E-state index contributed by atoms with van der Waals surface area (Å²) in [5, 5.41) is 6.87. The molecule has 1 aromatic carbocycles. The Morgan fingerprint density at radius 1 is 0.833 bits per heavy atom. The molecule has 0 radical (unpaired) electrons. The summed E-state index contributed by atoms with van der Waals surface area (Å²) in [5.74, 6) is 0.917. The van der Waals surface area contributed by atoms with Crippen LogP contribution in [0.4, 0.5) is 0 Å². The predicted molar refractivity (Wildman–Crippen MR) is 138 cm³/mol. The zero-order valence-electron chi connectivity index (χ0n) is 18.9. The molecule has 0 spiro atoms. The fourth-order valence-electron chi connectivity index (χ4n) is 4.12. The van der Waals surface area contributed by atoms with E-state index in [1.165, 1.54) is 69.8 Å². The number of nitrogens with one attached hydrogen (secondary N) is 2. The van der Waals surface area contributed by atoms with Crippen molar-refractivity contribution < 1.29 is 0 Å². The van der Waals surface area contributed by atoms with Gasteiger partial charge in [0, 0.05) is 52.4 Å². The van der Waals surface area contributed by atoms with Gasteiger partial charge < -0.3 is 15.5 Å². The van der Waals surface area contributed by atoms with Gasteiger partial charge in [-0.15, -0.1) is 24.0 Å². The Labute approximate surface area is 200 Å². The highest BCUT2D eigenvalue weighted by molar-refractivity contribution is 14.0. The average molecular weight is 529 g/mol. The molecule has 2 saturated heterocycles. The first-order valence-electron chi connectivity index (χ1n) is 11.5. The van der Waals surface area contributed by atoms with E-state index in [0.717, 1.165) is 32.1 Å². The molecule has 0 bridgehead atoms. The summed E-state index contributed by atoms with van der Waals surface area (Å²) in [5.41, 5.74) is 2.68. The molecule has 30 heavy (non-hydrogen) atoms. The summed E-state index contributed by atoms with van der Waals surface area (Å²) in [6.07, 6.45) is 2.70. The van der Waals surface area contributed by atoms with Gasteiger partial charge in [-0.2, -0.15) is 0 Å². The lowest BCUT2D eigenvalue weighted by Crippen LogP contribution is -2.49. The number of benzene rings is 1. The van der Waals surface area contributed by atoms with Crippen LogP contribution in [0, 0.1) is 0 Å². The topological polar surface area (TPSA) is 46.1 Å². The highest BCUT2D eigenvalue weighted by atomic mass is 127. The fourth-order valence-corrected chi connectivity index (χ4v) is 4.12. The van der Waals surface area contributed by atoms with E-state index in [2.05, 4.69) is 63.4 Å². The first-order valence-corrected chi connectivity index (χ1v) is 11.5. The van der Waals surface area contributed by atoms with Gasteiger partial charge in [0.15, 0.2) is 5.96 Å². The third-order valence-electron chi connectivity index (χ3n) is 6.02. The van der Waals surface area contributed by atoms with Gasteiger partial charge in [0.2, 0.25) is 0 Å². The molecule has 0 unspecified atom stereocenters. The van der Waals surface area contributed by atoms with Crippen molar-refractivity contribution in [1.29, 1.82) is 0 Å². The Bertz CT molecular complexity index is 607. The third kappa shape index (κ3) is 8.69. The molecule has 170 valence electrons. The van der Waals surface area contributed by atoms with E-state index in [4.69, 9.17) is 4.99 Å². The van der Waals surface area contributed by atoms with Crippen molar-refractivity contribution in [3.8, 4) is 0 Å². The summed E-state index contributed by atoms with van der Waals surface area (Å²) in [7, 11) is 0. The standard InChI is InChI=1S/C23H40N6.HI/c1-3-24-23(25-11-14-28-17-15-27(4-2)16-18-28)26-19-21-7-9-22(10-8-21)20-29-12-5-6-13-29;/h7-10H,3-6,11-20H2,1-2H3,(H2,24,25,26);1H. The van der Waals surface area contributed by atoms with Gasteiger partial charge in [0.1, 0.15) is 0 Å². The van der Waals surface area contributed by atoms with Crippen molar-refractivity contribution >= 4 is 29.9 Å². The number of aliphatic imine (C=N–C) groups is 1. The van der Waals surface area contributed by atoms with Gasteiger partial charge in [0.25, 0.3) is 0 Å². The van der Waals surface area contributed by atoms with E-state index in [9.17, 15) is 0 Å². The van der Waals surface area contributed by atoms with E-state index >= 15 is 0 Å². The molecule has 1 aromatic rings. The summed E-state index contributed by atoms with van der Waals surface area (Å²) < 4.78 is 0. The highest BCUT2D eigenvalue weighted by Gasteiger charge is 2.15. The Morgan fingerprint density at radius 2 is 1.47 bits per heavy atom. The molecule has 0 saturated carbocycles. The van der Waals surface area contributed by atoms with Crippen LogP contribution < -0.4 is 10.6 Å². The minimum absolute atomic E-state index is 0. The van der Waals surface area contributed by atoms with Gasteiger partial charge in [-0.1, -0.05) is 31.2 Å². The number of rotatable bonds is 9. The second-order valence-corrected chi connectivity index (χ2v) is 8.20. The third-order valence-corrected chi connectivity index (χ3v) is 6.02. The van der Waals surface area contributed by atoms with Crippen molar-refractivity contribution in [2.24, 2.45) is 4.99 Å². The summed E-state index contributed by atoms with van der Waals surface area (Å²) in [4.78, 5) is 12.4. The minimum Gasteiger partial charge on any atom is -0.357 e. The van der Waals surface area contributed by atoms with Crippen LogP contribution >= 0.6 is 24.0 Å². The molecule has 0 aliphatic carbocycles. The minimum atomic E-state index is 0. The molecule has 7 heteroatoms. The van der Waals surface area contributed by atoms with Gasteiger partial charge in [-0.25, -0.2) is 4.99 Å². The molecule has 2 aliphatic rings. The van der Waals surface area contributed by atoms with Crippen LogP contribution in [-0.2, 0) is 13.1 Å². The van der Waals surface area contributed by atoms with Crippen molar-refractivity contribution in [3.63, 3.8) is 0 Å². The highest BCUT2D eigenvalue weighted by Crippen LogP contribution is 2.13. The summed E-state index contributed by atoms with van der Waals surface area (Å²) in [6.45, 7) is 17.5. The quantitative estimate of drug-likeness (QED) is 0.293. The van der Waals surface area contributed by atoms with Gasteiger partial charge in [-0.05, 0) is 50.5 Å². The Kier molecular flexibility index (Phi) is 12.0. The van der Waals surface area contributed by atoms with Crippen LogP contribution in [-0.4, -0.2) is 86.1 Å². The molecule has 2 fully saturated rings. The maximum Gasteiger partial charge on any atom is 0.191 e. The number of likely N-dealkylation sites (tertiary alicyclic amines) is 1. The zero-order chi connectivity index (χ0) is 20.3. The zero-order valence-corrected chi connectivity index (χ0v) is 21.2. The Morgan fingerprint density at radius 3 is 2.10 bits per heavy atom. The SMILES string of the molecule is CCNC(=NCc1ccc(CN2CCCC2)cc1)NCCN1CCN(CC)CC1.I. The second kappa shape index (κ2) is 14.2. The van der Waals surface area contributed by atoms with E-state index in [1.54, 1.807) is 0 Å². The first-order chi connectivity index (χ1) is 14.3. The van der Waals surface area contributed by atoms with Crippen molar-refractivity contribution in [2.45, 2.75) is 39.8 Å². The molecule has 0 atom stereocenters. The van der Waals surface area contributed by atoms with Crippen LogP contribution in [0.5, 0.6) is 0 Å². The molecule has 0 amide bonds. The number of guanidine groups is 1. The van der Waals surface area contributed by atoms with Crippen LogP contribution in [0.3, 0.4) is 0 Å². The monoisotopic (exact) mass is 528 g/mol. The fraction of sp³-hybridized carbons (Fsp3) is 0.696. The van der Waals surface area contributed by atoms with Crippen molar-refractivity contribution in [1.82, 2.24) is 25.3 Å². The number of hydrogen-bond donors (Lipinski definition) is 2. The van der Waals surface area contributed by atoms with Crippen molar-refractivity contribution in [2.75, 3.05) is 65.4 Å². The molecular weight excluding hydrogens is 487 g/mol. The lowest BCUT2D eigenvalue weighted by Gasteiger charge is -2.34. The maximum atomic E-state index is 4.78. The lowest BCUT2D eigenvalue weighted by molar-refractivity contribution is 0.139.